The molecule has 0 radical (unpaired) electrons. The Balaban J connectivity index is 1.48. The van der Waals surface area contributed by atoms with Gasteiger partial charge in [0.2, 0.25) is 0 Å². The summed E-state index contributed by atoms with van der Waals surface area (Å²) in [5.74, 6) is 2.28. The van der Waals surface area contributed by atoms with Crippen LogP contribution in [0.2, 0.25) is 0 Å². The summed E-state index contributed by atoms with van der Waals surface area (Å²) in [5.41, 5.74) is 2.89. The first kappa shape index (κ1) is 19.5. The van der Waals surface area contributed by atoms with Gasteiger partial charge >= 0.3 is 0 Å². The quantitative estimate of drug-likeness (QED) is 0.791. The van der Waals surface area contributed by atoms with Crippen molar-refractivity contribution in [1.29, 1.82) is 0 Å². The van der Waals surface area contributed by atoms with E-state index in [0.29, 0.717) is 5.69 Å². The van der Waals surface area contributed by atoms with Crippen LogP contribution in [-0.4, -0.2) is 54.9 Å². The molecule has 0 aliphatic carbocycles. The molecule has 1 amide bonds. The third kappa shape index (κ3) is 4.13. The first-order valence-electron chi connectivity index (χ1n) is 10.3. The zero-order valence-corrected chi connectivity index (χ0v) is 17.2. The molecule has 1 saturated heterocycles. The number of fused-ring (bicyclic) bond motifs is 1. The van der Waals surface area contributed by atoms with Crippen molar-refractivity contribution in [2.45, 2.75) is 38.6 Å². The molecule has 0 atom stereocenters. The number of amides is 1. The Labute approximate surface area is 171 Å². The van der Waals surface area contributed by atoms with E-state index in [1.165, 1.54) is 24.0 Å². The maximum atomic E-state index is 12.7. The van der Waals surface area contributed by atoms with Gasteiger partial charge in [0.15, 0.2) is 23.0 Å². The van der Waals surface area contributed by atoms with Crippen LogP contribution in [0.3, 0.4) is 0 Å². The number of carbonyl (C=O) groups excluding carboxylic acids is 1. The predicted molar refractivity (Wildman–Crippen MR) is 111 cm³/mol. The third-order valence-electron chi connectivity index (χ3n) is 5.80. The standard InChI is InChI=1S/C22H28N4O3/c1-28-19-13-16-9-12-26(15-17(16)14-20(19)29-2)21-8-7-18(23-24-21)22(27)25-10-5-3-4-6-11-25/h7-8,13-14H,3-6,9-12,15H2,1-2H3. The van der Waals surface area contributed by atoms with Crippen molar-refractivity contribution in [1.82, 2.24) is 15.1 Å². The second-order valence-electron chi connectivity index (χ2n) is 7.63. The molecular weight excluding hydrogens is 368 g/mol. The van der Waals surface area contributed by atoms with Gasteiger partial charge in [0.05, 0.1) is 14.2 Å². The number of anilines is 1. The molecule has 1 fully saturated rings. The average Bonchev–Trinajstić information content (AvgIpc) is 3.07. The van der Waals surface area contributed by atoms with Crippen molar-refractivity contribution >= 4 is 11.7 Å². The molecule has 1 aromatic heterocycles. The molecule has 2 aliphatic rings. The number of benzene rings is 1. The Bertz CT molecular complexity index is 861. The van der Waals surface area contributed by atoms with Gasteiger partial charge in [-0.3, -0.25) is 4.79 Å². The lowest BCUT2D eigenvalue weighted by molar-refractivity contribution is 0.0754. The van der Waals surface area contributed by atoms with E-state index in [1.807, 2.05) is 17.0 Å². The van der Waals surface area contributed by atoms with Gasteiger partial charge < -0.3 is 19.3 Å². The Morgan fingerprint density at radius 3 is 2.21 bits per heavy atom. The van der Waals surface area contributed by atoms with Crippen LogP contribution in [0.4, 0.5) is 5.82 Å². The highest BCUT2D eigenvalue weighted by molar-refractivity contribution is 5.92. The van der Waals surface area contributed by atoms with Crippen molar-refractivity contribution in [3.05, 3.63) is 41.1 Å². The molecule has 7 nitrogen and oxygen atoms in total. The minimum Gasteiger partial charge on any atom is -0.493 e. The highest BCUT2D eigenvalue weighted by atomic mass is 16.5. The van der Waals surface area contributed by atoms with Crippen LogP contribution < -0.4 is 14.4 Å². The molecule has 0 N–H and O–H groups in total. The molecule has 29 heavy (non-hydrogen) atoms. The molecule has 0 spiro atoms. The zero-order valence-electron chi connectivity index (χ0n) is 17.2. The Morgan fingerprint density at radius 2 is 1.59 bits per heavy atom. The van der Waals surface area contributed by atoms with Crippen molar-refractivity contribution < 1.29 is 14.3 Å². The Morgan fingerprint density at radius 1 is 0.897 bits per heavy atom. The number of carbonyl (C=O) groups is 1. The minimum absolute atomic E-state index is 0.00762. The lowest BCUT2D eigenvalue weighted by Crippen LogP contribution is -2.33. The average molecular weight is 396 g/mol. The summed E-state index contributed by atoms with van der Waals surface area (Å²) in [6.45, 7) is 3.20. The van der Waals surface area contributed by atoms with Crippen LogP contribution >= 0.6 is 0 Å². The summed E-state index contributed by atoms with van der Waals surface area (Å²) < 4.78 is 10.8. The van der Waals surface area contributed by atoms with Gasteiger partial charge in [0.25, 0.3) is 5.91 Å². The molecule has 1 aromatic carbocycles. The number of ether oxygens (including phenoxy) is 2. The van der Waals surface area contributed by atoms with Gasteiger partial charge in [0.1, 0.15) is 0 Å². The summed E-state index contributed by atoms with van der Waals surface area (Å²) in [6, 6.07) is 7.80. The maximum Gasteiger partial charge on any atom is 0.274 e. The molecule has 7 heteroatoms. The summed E-state index contributed by atoms with van der Waals surface area (Å²) in [4.78, 5) is 16.8. The molecule has 154 valence electrons. The Hall–Kier alpha value is -2.83. The van der Waals surface area contributed by atoms with Crippen LogP contribution in [-0.2, 0) is 13.0 Å². The summed E-state index contributed by atoms with van der Waals surface area (Å²) >= 11 is 0. The minimum atomic E-state index is -0.00762. The first-order chi connectivity index (χ1) is 14.2. The van der Waals surface area contributed by atoms with Crippen LogP contribution in [0.15, 0.2) is 24.3 Å². The Kier molecular flexibility index (Phi) is 5.83. The number of nitrogens with zero attached hydrogens (tertiary/aromatic N) is 4. The van der Waals surface area contributed by atoms with Gasteiger partial charge in [-0.05, 0) is 54.7 Å². The molecule has 3 heterocycles. The van der Waals surface area contributed by atoms with Crippen molar-refractivity contribution in [2.75, 3.05) is 38.8 Å². The summed E-state index contributed by atoms with van der Waals surface area (Å²) in [7, 11) is 3.31. The topological polar surface area (TPSA) is 67.8 Å². The molecule has 2 aromatic rings. The molecule has 0 saturated carbocycles. The van der Waals surface area contributed by atoms with Crippen LogP contribution in [0.25, 0.3) is 0 Å². The van der Waals surface area contributed by atoms with E-state index in [2.05, 4.69) is 21.2 Å². The third-order valence-corrected chi connectivity index (χ3v) is 5.80. The fraction of sp³-hybridized carbons (Fsp3) is 0.500. The number of rotatable bonds is 4. The van der Waals surface area contributed by atoms with Gasteiger partial charge in [-0.1, -0.05) is 12.8 Å². The van der Waals surface area contributed by atoms with E-state index < -0.39 is 0 Å². The first-order valence-corrected chi connectivity index (χ1v) is 10.3. The molecule has 0 bridgehead atoms. The predicted octanol–water partition coefficient (Wildman–Crippen LogP) is 3.07. The normalized spacial score (nSPS) is 16.8. The van der Waals surface area contributed by atoms with E-state index in [9.17, 15) is 4.79 Å². The fourth-order valence-electron chi connectivity index (χ4n) is 4.12. The van der Waals surface area contributed by atoms with E-state index in [-0.39, 0.29) is 5.91 Å². The number of methoxy groups -OCH3 is 2. The number of hydrogen-bond donors (Lipinski definition) is 0. The molecule has 2 aliphatic heterocycles. The summed E-state index contributed by atoms with van der Waals surface area (Å²) in [5, 5.41) is 8.61. The maximum absolute atomic E-state index is 12.7. The lowest BCUT2D eigenvalue weighted by atomic mass is 9.99. The van der Waals surface area contributed by atoms with Crippen molar-refractivity contribution in [3.63, 3.8) is 0 Å². The smallest absolute Gasteiger partial charge is 0.274 e. The van der Waals surface area contributed by atoms with E-state index in [0.717, 1.165) is 62.8 Å². The highest BCUT2D eigenvalue weighted by Crippen LogP contribution is 2.34. The number of hydrogen-bond acceptors (Lipinski definition) is 6. The SMILES string of the molecule is COc1cc2c(cc1OC)CN(c1ccc(C(=O)N3CCCCCC3)nn1)CC2. The molecule has 0 unspecified atom stereocenters. The van der Waals surface area contributed by atoms with Crippen LogP contribution in [0.1, 0.15) is 47.3 Å². The van der Waals surface area contributed by atoms with E-state index in [4.69, 9.17) is 9.47 Å². The van der Waals surface area contributed by atoms with Gasteiger partial charge in [-0.25, -0.2) is 0 Å². The van der Waals surface area contributed by atoms with Crippen molar-refractivity contribution in [2.24, 2.45) is 0 Å². The monoisotopic (exact) mass is 396 g/mol. The van der Waals surface area contributed by atoms with Gasteiger partial charge in [-0.15, -0.1) is 10.2 Å². The fourth-order valence-corrected chi connectivity index (χ4v) is 4.12. The van der Waals surface area contributed by atoms with E-state index in [1.54, 1.807) is 20.3 Å². The largest absolute Gasteiger partial charge is 0.493 e. The van der Waals surface area contributed by atoms with Gasteiger partial charge in [0, 0.05) is 26.2 Å². The zero-order chi connectivity index (χ0) is 20.2. The second kappa shape index (κ2) is 8.68. The number of likely N-dealkylation sites (tertiary alicyclic amines) is 1. The molecular formula is C22H28N4O3. The lowest BCUT2D eigenvalue weighted by Gasteiger charge is -2.30. The van der Waals surface area contributed by atoms with Crippen LogP contribution in [0, 0.1) is 0 Å². The van der Waals surface area contributed by atoms with Gasteiger partial charge in [-0.2, -0.15) is 0 Å². The van der Waals surface area contributed by atoms with Crippen molar-refractivity contribution in [3.8, 4) is 11.5 Å². The molecule has 4 rings (SSSR count). The van der Waals surface area contributed by atoms with Crippen LogP contribution in [0.5, 0.6) is 11.5 Å². The highest BCUT2D eigenvalue weighted by Gasteiger charge is 2.22. The second-order valence-corrected chi connectivity index (χ2v) is 7.63. The number of aromatic nitrogens is 2. The summed E-state index contributed by atoms with van der Waals surface area (Å²) in [6.07, 6.45) is 5.42. The van der Waals surface area contributed by atoms with E-state index >= 15 is 0 Å².